The van der Waals surface area contributed by atoms with Gasteiger partial charge in [-0.3, -0.25) is 14.5 Å². The number of carbonyl (C=O) groups is 2. The number of para-hydroxylation sites is 1. The molecule has 1 aliphatic rings. The number of guanidine groups is 1. The maximum absolute atomic E-state index is 14.6. The van der Waals surface area contributed by atoms with E-state index in [1.165, 1.54) is 30.1 Å². The van der Waals surface area contributed by atoms with Gasteiger partial charge in [-0.2, -0.15) is 0 Å². The van der Waals surface area contributed by atoms with E-state index in [4.69, 9.17) is 10.2 Å². The average molecular weight is 394 g/mol. The topological polar surface area (TPSA) is 101 Å². The second-order valence-electron chi connectivity index (χ2n) is 7.17. The highest BCUT2D eigenvalue weighted by Crippen LogP contribution is 2.36. The number of halogens is 1. The lowest BCUT2D eigenvalue weighted by Gasteiger charge is -2.34. The number of hydrogen-bond donors (Lipinski definition) is 2. The van der Waals surface area contributed by atoms with E-state index in [9.17, 15) is 14.0 Å². The number of fused-ring (bicyclic) bond motifs is 1. The molecule has 2 amide bonds. The summed E-state index contributed by atoms with van der Waals surface area (Å²) in [6.07, 6.45) is -0.0396. The summed E-state index contributed by atoms with van der Waals surface area (Å²) < 4.78 is 20.1. The highest BCUT2D eigenvalue weighted by atomic mass is 19.1. The predicted octanol–water partition coefficient (Wildman–Crippen LogP) is 3.22. The molecule has 2 aromatic carbocycles. The Morgan fingerprint density at radius 1 is 1.28 bits per heavy atom. The van der Waals surface area contributed by atoms with Gasteiger partial charge < -0.3 is 15.5 Å². The molecule has 0 saturated heterocycles. The first-order chi connectivity index (χ1) is 13.8. The Labute approximate surface area is 166 Å². The Morgan fingerprint density at radius 3 is 2.76 bits per heavy atom. The Hall–Kier alpha value is -3.68. The molecule has 8 heteroatoms. The van der Waals surface area contributed by atoms with Crippen molar-refractivity contribution in [1.82, 2.24) is 4.90 Å². The van der Waals surface area contributed by atoms with Crippen molar-refractivity contribution in [2.45, 2.75) is 18.9 Å². The summed E-state index contributed by atoms with van der Waals surface area (Å²) in [4.78, 5) is 30.3. The van der Waals surface area contributed by atoms with Crippen molar-refractivity contribution < 1.29 is 18.4 Å². The Balaban J connectivity index is 1.65. The van der Waals surface area contributed by atoms with Gasteiger partial charge in [0.1, 0.15) is 11.4 Å². The van der Waals surface area contributed by atoms with Crippen LogP contribution in [0, 0.1) is 5.82 Å². The molecule has 29 heavy (non-hydrogen) atoms. The second kappa shape index (κ2) is 6.73. The van der Waals surface area contributed by atoms with Crippen LogP contribution in [0.15, 0.2) is 57.9 Å². The van der Waals surface area contributed by atoms with E-state index in [2.05, 4.69) is 10.3 Å². The maximum atomic E-state index is 14.6. The van der Waals surface area contributed by atoms with E-state index in [1.807, 2.05) is 18.2 Å². The van der Waals surface area contributed by atoms with Crippen LogP contribution in [0.25, 0.3) is 11.0 Å². The van der Waals surface area contributed by atoms with Crippen molar-refractivity contribution in [3.8, 4) is 0 Å². The van der Waals surface area contributed by atoms with E-state index in [1.54, 1.807) is 19.1 Å². The number of carbonyl (C=O) groups excluding carboxylic acids is 2. The minimum absolute atomic E-state index is 0.0138. The molecule has 7 nitrogen and oxygen atoms in total. The standard InChI is InChI=1S/C21H19FN4O3/c1-21(11-18(27)26(2)20(23)25-21)14-10-13(7-8-15(14)22)24-19(28)17-9-12-5-3-4-6-16(12)29-17/h3-10H,11H2,1-2H3,(H2,23,25)(H,24,28). The molecule has 1 aromatic heterocycles. The maximum Gasteiger partial charge on any atom is 0.291 e. The number of nitrogens with zero attached hydrogens (tertiary/aromatic N) is 2. The fourth-order valence-electron chi connectivity index (χ4n) is 3.37. The lowest BCUT2D eigenvalue weighted by molar-refractivity contribution is -0.128. The van der Waals surface area contributed by atoms with Crippen molar-refractivity contribution in [1.29, 1.82) is 0 Å². The summed E-state index contributed by atoms with van der Waals surface area (Å²) in [6, 6.07) is 13.0. The lowest BCUT2D eigenvalue weighted by Crippen LogP contribution is -2.47. The van der Waals surface area contributed by atoms with Crippen LogP contribution in [-0.2, 0) is 10.3 Å². The van der Waals surface area contributed by atoms with Gasteiger partial charge in [-0.15, -0.1) is 0 Å². The van der Waals surface area contributed by atoms with Gasteiger partial charge in [0.25, 0.3) is 5.91 Å². The first kappa shape index (κ1) is 18.7. The average Bonchev–Trinajstić information content (AvgIpc) is 3.12. The molecule has 3 aromatic rings. The molecule has 1 aliphatic heterocycles. The largest absolute Gasteiger partial charge is 0.451 e. The normalized spacial score (nSPS) is 19.3. The molecule has 0 spiro atoms. The number of aliphatic imine (C=N–C) groups is 1. The summed E-state index contributed by atoms with van der Waals surface area (Å²) in [7, 11) is 1.51. The molecule has 0 fully saturated rings. The third kappa shape index (κ3) is 3.33. The fourth-order valence-corrected chi connectivity index (χ4v) is 3.37. The molecule has 0 bridgehead atoms. The summed E-state index contributed by atoms with van der Waals surface area (Å²) in [5, 5.41) is 3.51. The highest BCUT2D eigenvalue weighted by molar-refractivity contribution is 6.04. The molecule has 148 valence electrons. The predicted molar refractivity (Wildman–Crippen MR) is 107 cm³/mol. The summed E-state index contributed by atoms with van der Waals surface area (Å²) >= 11 is 0. The molecule has 4 rings (SSSR count). The van der Waals surface area contributed by atoms with Gasteiger partial charge in [-0.1, -0.05) is 18.2 Å². The molecule has 2 heterocycles. The van der Waals surface area contributed by atoms with Crippen molar-refractivity contribution in [2.75, 3.05) is 12.4 Å². The van der Waals surface area contributed by atoms with Gasteiger partial charge >= 0.3 is 0 Å². The van der Waals surface area contributed by atoms with E-state index in [0.717, 1.165) is 5.39 Å². The van der Waals surface area contributed by atoms with Crippen LogP contribution in [0.1, 0.15) is 29.5 Å². The Kier molecular flexibility index (Phi) is 4.34. The minimum atomic E-state index is -1.17. The van der Waals surface area contributed by atoms with Crippen molar-refractivity contribution in [2.24, 2.45) is 10.7 Å². The summed E-state index contributed by atoms with van der Waals surface area (Å²) in [6.45, 7) is 1.63. The molecule has 3 N–H and O–H groups in total. The number of hydrogen-bond acceptors (Lipinski definition) is 5. The second-order valence-corrected chi connectivity index (χ2v) is 7.17. The van der Waals surface area contributed by atoms with Crippen molar-refractivity contribution in [3.05, 3.63) is 65.7 Å². The van der Waals surface area contributed by atoms with Crippen LogP contribution in [0.2, 0.25) is 0 Å². The zero-order chi connectivity index (χ0) is 20.8. The fraction of sp³-hybridized carbons (Fsp3) is 0.190. The Morgan fingerprint density at radius 2 is 2.03 bits per heavy atom. The number of rotatable bonds is 3. The zero-order valence-electron chi connectivity index (χ0n) is 15.9. The lowest BCUT2D eigenvalue weighted by atomic mass is 9.87. The smallest absolute Gasteiger partial charge is 0.291 e. The van der Waals surface area contributed by atoms with Crippen LogP contribution >= 0.6 is 0 Å². The van der Waals surface area contributed by atoms with Gasteiger partial charge in [0.2, 0.25) is 5.91 Å². The van der Waals surface area contributed by atoms with Crippen LogP contribution in [-0.4, -0.2) is 29.7 Å². The van der Waals surface area contributed by atoms with E-state index < -0.39 is 17.3 Å². The van der Waals surface area contributed by atoms with Crippen LogP contribution in [0.5, 0.6) is 0 Å². The van der Waals surface area contributed by atoms with Gasteiger partial charge in [-0.05, 0) is 37.3 Å². The molecule has 0 radical (unpaired) electrons. The van der Waals surface area contributed by atoms with Crippen LogP contribution in [0.4, 0.5) is 10.1 Å². The Bertz CT molecular complexity index is 1140. The number of nitrogens with one attached hydrogen (secondary N) is 1. The van der Waals surface area contributed by atoms with Crippen LogP contribution in [0.3, 0.4) is 0 Å². The van der Waals surface area contributed by atoms with Gasteiger partial charge in [0, 0.05) is 23.7 Å². The minimum Gasteiger partial charge on any atom is -0.451 e. The van der Waals surface area contributed by atoms with E-state index in [0.29, 0.717) is 11.3 Å². The van der Waals surface area contributed by atoms with Crippen LogP contribution < -0.4 is 11.1 Å². The quantitative estimate of drug-likeness (QED) is 0.712. The van der Waals surface area contributed by atoms with Gasteiger partial charge in [0.05, 0.1) is 12.0 Å². The monoisotopic (exact) mass is 394 g/mol. The number of furan rings is 1. The summed E-state index contributed by atoms with van der Waals surface area (Å²) in [5.41, 5.74) is 5.77. The van der Waals surface area contributed by atoms with Gasteiger partial charge in [-0.25, -0.2) is 9.38 Å². The molecular formula is C21H19FN4O3. The van der Waals surface area contributed by atoms with Crippen molar-refractivity contribution in [3.63, 3.8) is 0 Å². The highest BCUT2D eigenvalue weighted by Gasteiger charge is 2.38. The number of anilines is 1. The summed E-state index contributed by atoms with van der Waals surface area (Å²) in [5.74, 6) is -1.12. The number of amides is 2. The molecule has 1 unspecified atom stereocenters. The molecule has 1 atom stereocenters. The van der Waals surface area contributed by atoms with Gasteiger partial charge in [0.15, 0.2) is 11.7 Å². The van der Waals surface area contributed by atoms with E-state index >= 15 is 0 Å². The first-order valence-electron chi connectivity index (χ1n) is 8.99. The SMILES string of the molecule is CN1C(=O)CC(C)(c2cc(NC(=O)c3cc4ccccc4o3)ccc2F)N=C1N. The molecule has 0 aliphatic carbocycles. The third-order valence-corrected chi connectivity index (χ3v) is 5.03. The first-order valence-corrected chi connectivity index (χ1v) is 8.99. The number of nitrogens with two attached hydrogens (primary N) is 1. The molecule has 0 saturated carbocycles. The molecular weight excluding hydrogens is 375 g/mol. The third-order valence-electron chi connectivity index (χ3n) is 5.03. The van der Waals surface area contributed by atoms with E-state index in [-0.39, 0.29) is 29.6 Å². The zero-order valence-corrected chi connectivity index (χ0v) is 15.9. The van der Waals surface area contributed by atoms with Crippen molar-refractivity contribution >= 4 is 34.4 Å². The number of benzene rings is 2.